The highest BCUT2D eigenvalue weighted by molar-refractivity contribution is 5.94. The van der Waals surface area contributed by atoms with E-state index in [-0.39, 0.29) is 5.91 Å². The van der Waals surface area contributed by atoms with E-state index in [1.165, 1.54) is 24.0 Å². The van der Waals surface area contributed by atoms with Gasteiger partial charge in [0, 0.05) is 24.7 Å². The summed E-state index contributed by atoms with van der Waals surface area (Å²) in [4.78, 5) is 14.9. The first-order valence-corrected chi connectivity index (χ1v) is 8.04. The van der Waals surface area contributed by atoms with Crippen LogP contribution in [0, 0.1) is 0 Å². The molecule has 112 valence electrons. The van der Waals surface area contributed by atoms with Crippen molar-refractivity contribution in [1.82, 2.24) is 10.2 Å². The van der Waals surface area contributed by atoms with Crippen LogP contribution in [0.4, 0.5) is 0 Å². The second-order valence-corrected chi connectivity index (χ2v) is 6.09. The molecule has 3 nitrogen and oxygen atoms in total. The molecule has 0 unspecified atom stereocenters. The molecule has 1 saturated carbocycles. The fourth-order valence-corrected chi connectivity index (χ4v) is 3.53. The lowest BCUT2D eigenvalue weighted by atomic mass is 9.98. The van der Waals surface area contributed by atoms with Gasteiger partial charge in [0.2, 0.25) is 0 Å². The molecule has 1 heterocycles. The van der Waals surface area contributed by atoms with E-state index in [0.717, 1.165) is 37.9 Å². The van der Waals surface area contributed by atoms with Crippen LogP contribution >= 0.6 is 0 Å². The van der Waals surface area contributed by atoms with Gasteiger partial charge in [-0.2, -0.15) is 0 Å². The number of nitrogens with zero attached hydrogens (tertiary/aromatic N) is 1. The van der Waals surface area contributed by atoms with Gasteiger partial charge in [-0.25, -0.2) is 0 Å². The SMILES string of the molecule is C=CCN(C(=O)c1ccc2c(c1)CNCC2)C1CCCC1. The molecule has 1 aliphatic heterocycles. The first-order chi connectivity index (χ1) is 10.3. The second-order valence-electron chi connectivity index (χ2n) is 6.09. The fraction of sp³-hybridized carbons (Fsp3) is 0.500. The van der Waals surface area contributed by atoms with E-state index in [2.05, 4.69) is 24.0 Å². The van der Waals surface area contributed by atoms with E-state index in [1.54, 1.807) is 0 Å². The predicted octanol–water partition coefficient (Wildman–Crippen LogP) is 2.90. The maximum Gasteiger partial charge on any atom is 0.254 e. The van der Waals surface area contributed by atoms with Crippen LogP contribution in [-0.4, -0.2) is 29.9 Å². The van der Waals surface area contributed by atoms with Crippen LogP contribution in [0.15, 0.2) is 30.9 Å². The molecule has 0 radical (unpaired) electrons. The third-order valence-corrected chi connectivity index (χ3v) is 4.69. The van der Waals surface area contributed by atoms with Gasteiger partial charge >= 0.3 is 0 Å². The van der Waals surface area contributed by atoms with Crippen molar-refractivity contribution in [2.75, 3.05) is 13.1 Å². The molecule has 3 rings (SSSR count). The van der Waals surface area contributed by atoms with Crippen molar-refractivity contribution in [1.29, 1.82) is 0 Å². The first kappa shape index (κ1) is 14.3. The second kappa shape index (κ2) is 6.44. The number of hydrogen-bond acceptors (Lipinski definition) is 2. The molecule has 0 aromatic heterocycles. The highest BCUT2D eigenvalue weighted by Gasteiger charge is 2.27. The minimum absolute atomic E-state index is 0.162. The molecule has 1 fully saturated rings. The Hall–Kier alpha value is -1.61. The zero-order chi connectivity index (χ0) is 14.7. The van der Waals surface area contributed by atoms with E-state index < -0.39 is 0 Å². The van der Waals surface area contributed by atoms with Gasteiger partial charge in [-0.15, -0.1) is 6.58 Å². The van der Waals surface area contributed by atoms with Gasteiger partial charge in [0.1, 0.15) is 0 Å². The topological polar surface area (TPSA) is 32.3 Å². The van der Waals surface area contributed by atoms with Crippen LogP contribution in [-0.2, 0) is 13.0 Å². The van der Waals surface area contributed by atoms with Crippen LogP contribution in [0.3, 0.4) is 0 Å². The number of nitrogens with one attached hydrogen (secondary N) is 1. The van der Waals surface area contributed by atoms with Gasteiger partial charge < -0.3 is 10.2 Å². The van der Waals surface area contributed by atoms with Gasteiger partial charge in [0.05, 0.1) is 0 Å². The van der Waals surface area contributed by atoms with Crippen molar-refractivity contribution < 1.29 is 4.79 Å². The Kier molecular flexibility index (Phi) is 4.39. The van der Waals surface area contributed by atoms with Crippen molar-refractivity contribution in [3.05, 3.63) is 47.5 Å². The summed E-state index contributed by atoms with van der Waals surface area (Å²) in [6.45, 7) is 6.37. The third kappa shape index (κ3) is 3.03. The molecule has 1 N–H and O–H groups in total. The Morgan fingerprint density at radius 3 is 2.90 bits per heavy atom. The first-order valence-electron chi connectivity index (χ1n) is 8.04. The Morgan fingerprint density at radius 2 is 2.14 bits per heavy atom. The van der Waals surface area contributed by atoms with Crippen molar-refractivity contribution in [2.45, 2.75) is 44.7 Å². The quantitative estimate of drug-likeness (QED) is 0.862. The summed E-state index contributed by atoms with van der Waals surface area (Å²) in [6.07, 6.45) is 7.64. The highest BCUT2D eigenvalue weighted by Crippen LogP contribution is 2.25. The molecular weight excluding hydrogens is 260 g/mol. The summed E-state index contributed by atoms with van der Waals surface area (Å²) in [5, 5.41) is 3.38. The van der Waals surface area contributed by atoms with Gasteiger partial charge in [-0.05, 0) is 49.1 Å². The van der Waals surface area contributed by atoms with Crippen LogP contribution in [0.1, 0.15) is 47.2 Å². The molecule has 1 aliphatic carbocycles. The van der Waals surface area contributed by atoms with Gasteiger partial charge in [-0.3, -0.25) is 4.79 Å². The molecular formula is C18H24N2O. The van der Waals surface area contributed by atoms with E-state index in [0.29, 0.717) is 12.6 Å². The van der Waals surface area contributed by atoms with E-state index in [1.807, 2.05) is 17.0 Å². The third-order valence-electron chi connectivity index (χ3n) is 4.69. The lowest BCUT2D eigenvalue weighted by Crippen LogP contribution is -2.39. The maximum absolute atomic E-state index is 12.9. The van der Waals surface area contributed by atoms with Gasteiger partial charge in [-0.1, -0.05) is 25.0 Å². The van der Waals surface area contributed by atoms with Gasteiger partial charge in [0.25, 0.3) is 5.91 Å². The number of benzene rings is 1. The Bertz CT molecular complexity index is 532. The molecule has 3 heteroatoms. The van der Waals surface area contributed by atoms with E-state index >= 15 is 0 Å². The monoisotopic (exact) mass is 284 g/mol. The maximum atomic E-state index is 12.9. The average molecular weight is 284 g/mol. The number of carbonyl (C=O) groups is 1. The largest absolute Gasteiger partial charge is 0.332 e. The van der Waals surface area contributed by atoms with E-state index in [4.69, 9.17) is 0 Å². The number of rotatable bonds is 4. The highest BCUT2D eigenvalue weighted by atomic mass is 16.2. The normalized spacial score (nSPS) is 18.3. The minimum Gasteiger partial charge on any atom is -0.332 e. The Balaban J connectivity index is 1.83. The molecule has 1 amide bonds. The summed E-state index contributed by atoms with van der Waals surface area (Å²) >= 11 is 0. The van der Waals surface area contributed by atoms with Crippen LogP contribution in [0.2, 0.25) is 0 Å². The average Bonchev–Trinajstić information content (AvgIpc) is 3.05. The molecule has 0 bridgehead atoms. The summed E-state index contributed by atoms with van der Waals surface area (Å²) in [6, 6.07) is 6.60. The Labute approximate surface area is 127 Å². The van der Waals surface area contributed by atoms with Crippen molar-refractivity contribution in [3.8, 4) is 0 Å². The number of amides is 1. The Morgan fingerprint density at radius 1 is 1.33 bits per heavy atom. The summed E-state index contributed by atoms with van der Waals surface area (Å²) in [5.41, 5.74) is 3.48. The predicted molar refractivity (Wildman–Crippen MR) is 85.3 cm³/mol. The van der Waals surface area contributed by atoms with Crippen molar-refractivity contribution >= 4 is 5.91 Å². The standard InChI is InChI=1S/C18H24N2O/c1-2-11-20(17-5-3-4-6-17)18(21)15-8-7-14-9-10-19-13-16(14)12-15/h2,7-8,12,17,19H,1,3-6,9-11,13H2. The zero-order valence-corrected chi connectivity index (χ0v) is 12.6. The number of hydrogen-bond donors (Lipinski definition) is 1. The number of carbonyl (C=O) groups excluding carboxylic acids is 1. The molecule has 0 spiro atoms. The number of fused-ring (bicyclic) bond motifs is 1. The molecule has 1 aromatic rings. The van der Waals surface area contributed by atoms with Crippen LogP contribution < -0.4 is 5.32 Å². The molecule has 1 aromatic carbocycles. The van der Waals surface area contributed by atoms with E-state index in [9.17, 15) is 4.79 Å². The lowest BCUT2D eigenvalue weighted by Gasteiger charge is -2.28. The van der Waals surface area contributed by atoms with Crippen LogP contribution in [0.5, 0.6) is 0 Å². The fourth-order valence-electron chi connectivity index (χ4n) is 3.53. The molecule has 2 aliphatic rings. The molecule has 0 saturated heterocycles. The summed E-state index contributed by atoms with van der Waals surface area (Å²) < 4.78 is 0. The molecule has 21 heavy (non-hydrogen) atoms. The summed E-state index contributed by atoms with van der Waals surface area (Å²) in [5.74, 6) is 0.162. The zero-order valence-electron chi connectivity index (χ0n) is 12.6. The van der Waals surface area contributed by atoms with Crippen molar-refractivity contribution in [3.63, 3.8) is 0 Å². The molecule has 0 atom stereocenters. The smallest absolute Gasteiger partial charge is 0.254 e. The lowest BCUT2D eigenvalue weighted by molar-refractivity contribution is 0.0706. The van der Waals surface area contributed by atoms with Crippen LogP contribution in [0.25, 0.3) is 0 Å². The van der Waals surface area contributed by atoms with Gasteiger partial charge in [0.15, 0.2) is 0 Å². The minimum atomic E-state index is 0.162. The van der Waals surface area contributed by atoms with Crippen molar-refractivity contribution in [2.24, 2.45) is 0 Å². The summed E-state index contributed by atoms with van der Waals surface area (Å²) in [7, 11) is 0.